The van der Waals surface area contributed by atoms with Crippen molar-refractivity contribution in [2.75, 3.05) is 13.6 Å². The van der Waals surface area contributed by atoms with Crippen molar-refractivity contribution in [1.29, 1.82) is 5.26 Å². The van der Waals surface area contributed by atoms with Crippen LogP contribution in [0.5, 0.6) is 0 Å². The molecule has 1 heterocycles. The fourth-order valence-electron chi connectivity index (χ4n) is 1.92. The molecule has 0 fully saturated rings. The van der Waals surface area contributed by atoms with E-state index in [1.165, 1.54) is 4.90 Å². The molecule has 19 heavy (non-hydrogen) atoms. The number of nitriles is 1. The Hall–Kier alpha value is -2.41. The first-order chi connectivity index (χ1) is 9.11. The van der Waals surface area contributed by atoms with Crippen molar-refractivity contribution in [3.63, 3.8) is 0 Å². The molecule has 0 bridgehead atoms. The summed E-state index contributed by atoms with van der Waals surface area (Å²) in [5.41, 5.74) is 1.21. The quantitative estimate of drug-likeness (QED) is 0.844. The summed E-state index contributed by atoms with van der Waals surface area (Å²) in [5, 5.41) is 9.78. The van der Waals surface area contributed by atoms with Crippen molar-refractivity contribution >= 4 is 16.8 Å². The molecule has 4 heteroatoms. The lowest BCUT2D eigenvalue weighted by molar-refractivity contribution is 0.0780. The number of para-hydroxylation sites is 1. The highest BCUT2D eigenvalue weighted by molar-refractivity contribution is 5.94. The maximum absolute atomic E-state index is 12.2. The molecule has 0 aliphatic heterocycles. The predicted octanol–water partition coefficient (Wildman–Crippen LogP) is 2.47. The highest BCUT2D eigenvalue weighted by Gasteiger charge is 2.15. The van der Waals surface area contributed by atoms with Gasteiger partial charge in [0.05, 0.1) is 17.5 Å². The summed E-state index contributed by atoms with van der Waals surface area (Å²) in [7, 11) is 1.69. The molecule has 1 amide bonds. The van der Waals surface area contributed by atoms with Crippen LogP contribution in [0.1, 0.15) is 17.4 Å². The lowest BCUT2D eigenvalue weighted by Crippen LogP contribution is -2.31. The number of aromatic nitrogens is 1. The van der Waals surface area contributed by atoms with Gasteiger partial charge < -0.3 is 4.90 Å². The van der Waals surface area contributed by atoms with Crippen LogP contribution >= 0.6 is 0 Å². The minimum atomic E-state index is -0.186. The van der Waals surface area contributed by atoms with Crippen molar-refractivity contribution in [3.05, 3.63) is 42.1 Å². The summed E-state index contributed by atoms with van der Waals surface area (Å²) in [6, 6.07) is 13.4. The highest BCUT2D eigenvalue weighted by atomic mass is 16.2. The number of carbonyl (C=O) groups excluding carboxylic acids is 1. The van der Waals surface area contributed by atoms with Crippen LogP contribution in [-0.2, 0) is 0 Å². The van der Waals surface area contributed by atoms with Crippen molar-refractivity contribution < 1.29 is 4.79 Å². The SMILES string of the molecule is CC(C#N)CN(C)C(=O)c1ccc2ccccc2n1. The maximum atomic E-state index is 12.2. The van der Waals surface area contributed by atoms with Crippen molar-refractivity contribution in [3.8, 4) is 6.07 Å². The van der Waals surface area contributed by atoms with Gasteiger partial charge in [0.15, 0.2) is 0 Å². The number of fused-ring (bicyclic) bond motifs is 1. The molecule has 0 N–H and O–H groups in total. The molecule has 1 aromatic carbocycles. The van der Waals surface area contributed by atoms with Gasteiger partial charge >= 0.3 is 0 Å². The molecule has 0 radical (unpaired) electrons. The minimum absolute atomic E-state index is 0.159. The Balaban J connectivity index is 2.24. The third-order valence-electron chi connectivity index (χ3n) is 2.93. The topological polar surface area (TPSA) is 57.0 Å². The minimum Gasteiger partial charge on any atom is -0.339 e. The van der Waals surface area contributed by atoms with E-state index in [0.29, 0.717) is 12.2 Å². The Morgan fingerprint density at radius 2 is 2.11 bits per heavy atom. The normalized spacial score (nSPS) is 11.8. The molecule has 4 nitrogen and oxygen atoms in total. The monoisotopic (exact) mass is 253 g/mol. The Labute approximate surface area is 112 Å². The standard InChI is InChI=1S/C15H15N3O/c1-11(9-16)10-18(2)15(19)14-8-7-12-5-3-4-6-13(12)17-14/h3-8,11H,10H2,1-2H3. The summed E-state index contributed by atoms with van der Waals surface area (Å²) in [6.07, 6.45) is 0. The zero-order chi connectivity index (χ0) is 13.8. The third-order valence-corrected chi connectivity index (χ3v) is 2.93. The first kappa shape index (κ1) is 13.0. The third kappa shape index (κ3) is 2.89. The number of nitrogens with zero attached hydrogens (tertiary/aromatic N) is 3. The van der Waals surface area contributed by atoms with Crippen LogP contribution in [0.25, 0.3) is 10.9 Å². The van der Waals surface area contributed by atoms with Crippen LogP contribution < -0.4 is 0 Å². The van der Waals surface area contributed by atoms with E-state index in [4.69, 9.17) is 5.26 Å². The Morgan fingerprint density at radius 3 is 2.84 bits per heavy atom. The van der Waals surface area contributed by atoms with Crippen molar-refractivity contribution in [2.24, 2.45) is 5.92 Å². The zero-order valence-electron chi connectivity index (χ0n) is 11.0. The fraction of sp³-hybridized carbons (Fsp3) is 0.267. The van der Waals surface area contributed by atoms with Gasteiger partial charge in [0, 0.05) is 19.0 Å². The number of pyridine rings is 1. The average molecular weight is 253 g/mol. The Kier molecular flexibility index (Phi) is 3.76. The van der Waals surface area contributed by atoms with Gasteiger partial charge in [-0.2, -0.15) is 5.26 Å². The molecule has 2 aromatic rings. The first-order valence-corrected chi connectivity index (χ1v) is 6.12. The van der Waals surface area contributed by atoms with Gasteiger partial charge in [-0.25, -0.2) is 4.98 Å². The summed E-state index contributed by atoms with van der Waals surface area (Å²) in [6.45, 7) is 2.20. The van der Waals surface area contributed by atoms with E-state index in [2.05, 4.69) is 11.1 Å². The number of amides is 1. The summed E-state index contributed by atoms with van der Waals surface area (Å²) in [5.74, 6) is -0.345. The second-order valence-corrected chi connectivity index (χ2v) is 4.61. The number of benzene rings is 1. The Bertz CT molecular complexity index is 645. The molecular formula is C15H15N3O. The molecule has 2 rings (SSSR count). The van der Waals surface area contributed by atoms with E-state index in [9.17, 15) is 4.79 Å². The van der Waals surface area contributed by atoms with Gasteiger partial charge in [-0.15, -0.1) is 0 Å². The van der Waals surface area contributed by atoms with Crippen LogP contribution in [0.2, 0.25) is 0 Å². The fourth-order valence-corrected chi connectivity index (χ4v) is 1.92. The van der Waals surface area contributed by atoms with Crippen LogP contribution in [0.15, 0.2) is 36.4 Å². The molecule has 0 spiro atoms. The summed E-state index contributed by atoms with van der Waals surface area (Å²) < 4.78 is 0. The second-order valence-electron chi connectivity index (χ2n) is 4.61. The molecule has 1 atom stereocenters. The molecule has 0 saturated carbocycles. The van der Waals surface area contributed by atoms with E-state index in [1.54, 1.807) is 20.0 Å². The van der Waals surface area contributed by atoms with Crippen molar-refractivity contribution in [1.82, 2.24) is 9.88 Å². The predicted molar refractivity (Wildman–Crippen MR) is 73.5 cm³/mol. The molecule has 0 aliphatic rings. The largest absolute Gasteiger partial charge is 0.339 e. The molecule has 1 aromatic heterocycles. The Morgan fingerprint density at radius 1 is 1.37 bits per heavy atom. The van der Waals surface area contributed by atoms with Gasteiger partial charge in [0.25, 0.3) is 5.91 Å². The number of hydrogen-bond donors (Lipinski definition) is 0. The van der Waals surface area contributed by atoms with E-state index in [0.717, 1.165) is 10.9 Å². The van der Waals surface area contributed by atoms with Gasteiger partial charge in [-0.3, -0.25) is 4.79 Å². The molecular weight excluding hydrogens is 238 g/mol. The second kappa shape index (κ2) is 5.49. The molecule has 96 valence electrons. The van der Waals surface area contributed by atoms with E-state index in [-0.39, 0.29) is 11.8 Å². The highest BCUT2D eigenvalue weighted by Crippen LogP contribution is 2.13. The lowest BCUT2D eigenvalue weighted by Gasteiger charge is -2.17. The van der Waals surface area contributed by atoms with Crippen LogP contribution in [-0.4, -0.2) is 29.4 Å². The van der Waals surface area contributed by atoms with Gasteiger partial charge in [0.2, 0.25) is 0 Å². The molecule has 0 aliphatic carbocycles. The first-order valence-electron chi connectivity index (χ1n) is 6.12. The lowest BCUT2D eigenvalue weighted by atomic mass is 10.1. The molecule has 1 unspecified atom stereocenters. The zero-order valence-corrected chi connectivity index (χ0v) is 11.0. The van der Waals surface area contributed by atoms with E-state index < -0.39 is 0 Å². The smallest absolute Gasteiger partial charge is 0.272 e. The van der Waals surface area contributed by atoms with Gasteiger partial charge in [-0.05, 0) is 19.1 Å². The number of hydrogen-bond acceptors (Lipinski definition) is 3. The van der Waals surface area contributed by atoms with Gasteiger partial charge in [0.1, 0.15) is 5.69 Å². The van der Waals surface area contributed by atoms with E-state index in [1.807, 2.05) is 30.3 Å². The summed E-state index contributed by atoms with van der Waals surface area (Å²) in [4.78, 5) is 18.1. The number of rotatable bonds is 3. The summed E-state index contributed by atoms with van der Waals surface area (Å²) >= 11 is 0. The maximum Gasteiger partial charge on any atom is 0.272 e. The van der Waals surface area contributed by atoms with E-state index >= 15 is 0 Å². The van der Waals surface area contributed by atoms with Crippen molar-refractivity contribution in [2.45, 2.75) is 6.92 Å². The van der Waals surface area contributed by atoms with Gasteiger partial charge in [-0.1, -0.05) is 24.3 Å². The molecule has 0 saturated heterocycles. The van der Waals surface area contributed by atoms with Crippen LogP contribution in [0.4, 0.5) is 0 Å². The van der Waals surface area contributed by atoms with Crippen LogP contribution in [0, 0.1) is 17.2 Å². The van der Waals surface area contributed by atoms with Crippen LogP contribution in [0.3, 0.4) is 0 Å². The number of carbonyl (C=O) groups is 1. The average Bonchev–Trinajstić information content (AvgIpc) is 2.45.